The van der Waals surface area contributed by atoms with Crippen LogP contribution in [0.3, 0.4) is 0 Å². The Morgan fingerprint density at radius 2 is 1.47 bits per heavy atom. The maximum atomic E-state index is 13.9. The van der Waals surface area contributed by atoms with E-state index in [1.807, 2.05) is 32.0 Å². The van der Waals surface area contributed by atoms with Gasteiger partial charge in [-0.1, -0.05) is 36.4 Å². The summed E-state index contributed by atoms with van der Waals surface area (Å²) in [6.07, 6.45) is -0.740. The molecule has 0 aromatic heterocycles. The number of anilines is 1. The first-order valence-electron chi connectivity index (χ1n) is 12.0. The first-order chi connectivity index (χ1) is 16.5. The van der Waals surface area contributed by atoms with Gasteiger partial charge in [0.2, 0.25) is 5.91 Å². The number of phenolic OH excluding ortho intramolecular Hbond substituents is 1. The SMILES string of the molecule is Cc1cccc(C)c1NC(=O)C(c1ccccc1O)N(C(=O)C(C)NC(=O)OC(C)(C)C)C(C)(C)C. The molecule has 0 aliphatic heterocycles. The smallest absolute Gasteiger partial charge is 0.408 e. The van der Waals surface area contributed by atoms with E-state index in [4.69, 9.17) is 4.74 Å². The molecule has 0 saturated carbocycles. The highest BCUT2D eigenvalue weighted by Crippen LogP contribution is 2.35. The molecule has 0 radical (unpaired) electrons. The van der Waals surface area contributed by atoms with Crippen LogP contribution in [-0.2, 0) is 14.3 Å². The number of aryl methyl sites for hydroxylation is 2. The fourth-order valence-electron chi connectivity index (χ4n) is 3.92. The molecule has 36 heavy (non-hydrogen) atoms. The minimum absolute atomic E-state index is 0.117. The summed E-state index contributed by atoms with van der Waals surface area (Å²) in [5.74, 6) is -1.10. The Kier molecular flexibility index (Phi) is 8.78. The number of phenols is 1. The molecule has 0 spiro atoms. The highest BCUT2D eigenvalue weighted by Gasteiger charge is 2.42. The molecule has 0 aliphatic carbocycles. The first-order valence-corrected chi connectivity index (χ1v) is 12.0. The molecule has 2 aromatic carbocycles. The molecule has 3 amide bonds. The standard InChI is InChI=1S/C28H39N3O5/c1-17-13-12-14-18(2)22(17)30-24(33)23(20-15-10-11-16-21(20)32)31(27(4,5)6)25(34)19(3)29-26(35)36-28(7,8)9/h10-16,19,23,32H,1-9H3,(H,29,35)(H,30,33). The highest BCUT2D eigenvalue weighted by atomic mass is 16.6. The number of carbonyl (C=O) groups is 3. The van der Waals surface area contributed by atoms with Crippen LogP contribution in [0, 0.1) is 13.8 Å². The van der Waals surface area contributed by atoms with Crippen LogP contribution in [0.2, 0.25) is 0 Å². The van der Waals surface area contributed by atoms with Gasteiger partial charge in [0.25, 0.3) is 5.91 Å². The molecule has 2 unspecified atom stereocenters. The molecular formula is C28H39N3O5. The van der Waals surface area contributed by atoms with Crippen molar-refractivity contribution in [1.82, 2.24) is 10.2 Å². The lowest BCUT2D eigenvalue weighted by Crippen LogP contribution is -2.57. The molecule has 0 heterocycles. The summed E-state index contributed by atoms with van der Waals surface area (Å²) in [7, 11) is 0. The fourth-order valence-corrected chi connectivity index (χ4v) is 3.92. The lowest BCUT2D eigenvalue weighted by atomic mass is 9.94. The maximum absolute atomic E-state index is 13.9. The number of alkyl carbamates (subject to hydrolysis) is 1. The van der Waals surface area contributed by atoms with E-state index < -0.39 is 41.1 Å². The third kappa shape index (κ3) is 7.23. The number of benzene rings is 2. The number of para-hydroxylation sites is 2. The number of aromatic hydroxyl groups is 1. The lowest BCUT2D eigenvalue weighted by Gasteiger charge is -2.42. The molecular weight excluding hydrogens is 458 g/mol. The van der Waals surface area contributed by atoms with Crippen LogP contribution in [0.4, 0.5) is 10.5 Å². The average molecular weight is 498 g/mol. The summed E-state index contributed by atoms with van der Waals surface area (Å²) in [6, 6.07) is 9.92. The van der Waals surface area contributed by atoms with E-state index in [1.165, 1.54) is 17.9 Å². The quantitative estimate of drug-likeness (QED) is 0.507. The predicted octanol–water partition coefficient (Wildman–Crippen LogP) is 5.23. The van der Waals surface area contributed by atoms with E-state index in [9.17, 15) is 19.5 Å². The monoisotopic (exact) mass is 497 g/mol. The Bertz CT molecular complexity index is 1090. The highest BCUT2D eigenvalue weighted by molar-refractivity contribution is 6.00. The van der Waals surface area contributed by atoms with Gasteiger partial charge in [-0.15, -0.1) is 0 Å². The molecule has 0 fully saturated rings. The van der Waals surface area contributed by atoms with Gasteiger partial charge in [0, 0.05) is 16.8 Å². The molecule has 196 valence electrons. The van der Waals surface area contributed by atoms with Crippen LogP contribution in [0.1, 0.15) is 71.2 Å². The van der Waals surface area contributed by atoms with E-state index in [2.05, 4.69) is 10.6 Å². The Balaban J connectivity index is 2.54. The van der Waals surface area contributed by atoms with Crippen molar-refractivity contribution in [3.8, 4) is 5.75 Å². The number of amides is 3. The average Bonchev–Trinajstić information content (AvgIpc) is 2.72. The zero-order valence-electron chi connectivity index (χ0n) is 22.7. The number of rotatable bonds is 6. The van der Waals surface area contributed by atoms with Crippen molar-refractivity contribution in [2.45, 2.75) is 85.5 Å². The van der Waals surface area contributed by atoms with Gasteiger partial charge in [-0.2, -0.15) is 0 Å². The Morgan fingerprint density at radius 1 is 0.917 bits per heavy atom. The van der Waals surface area contributed by atoms with Crippen LogP contribution in [-0.4, -0.2) is 45.1 Å². The van der Waals surface area contributed by atoms with Gasteiger partial charge in [0.1, 0.15) is 23.4 Å². The molecule has 8 nitrogen and oxygen atoms in total. The van der Waals surface area contributed by atoms with E-state index in [-0.39, 0.29) is 11.3 Å². The maximum Gasteiger partial charge on any atom is 0.408 e. The zero-order valence-corrected chi connectivity index (χ0v) is 22.7. The summed E-state index contributed by atoms with van der Waals surface area (Å²) in [5.41, 5.74) is 1.06. The Morgan fingerprint density at radius 3 is 1.97 bits per heavy atom. The molecule has 2 rings (SSSR count). The van der Waals surface area contributed by atoms with Gasteiger partial charge < -0.3 is 25.4 Å². The van der Waals surface area contributed by atoms with Crippen molar-refractivity contribution >= 4 is 23.6 Å². The van der Waals surface area contributed by atoms with Crippen LogP contribution >= 0.6 is 0 Å². The number of carbonyl (C=O) groups excluding carboxylic acids is 3. The number of ether oxygens (including phenoxy) is 1. The second-order valence-electron chi connectivity index (χ2n) is 11.0. The van der Waals surface area contributed by atoms with Crippen molar-refractivity contribution in [2.75, 3.05) is 5.32 Å². The van der Waals surface area contributed by atoms with E-state index in [1.54, 1.807) is 59.7 Å². The van der Waals surface area contributed by atoms with Crippen molar-refractivity contribution in [3.05, 3.63) is 59.2 Å². The summed E-state index contributed by atoms with van der Waals surface area (Å²) in [4.78, 5) is 41.4. The van der Waals surface area contributed by atoms with E-state index in [0.29, 0.717) is 5.69 Å². The molecule has 3 N–H and O–H groups in total. The summed E-state index contributed by atoms with van der Waals surface area (Å²) in [5, 5.41) is 16.2. The molecule has 0 bridgehead atoms. The largest absolute Gasteiger partial charge is 0.508 e. The van der Waals surface area contributed by atoms with Crippen molar-refractivity contribution in [1.29, 1.82) is 0 Å². The Hall–Kier alpha value is -3.55. The third-order valence-electron chi connectivity index (χ3n) is 5.53. The van der Waals surface area contributed by atoms with Gasteiger partial charge in [-0.25, -0.2) is 4.79 Å². The van der Waals surface area contributed by atoms with Crippen LogP contribution in [0.5, 0.6) is 5.75 Å². The second-order valence-corrected chi connectivity index (χ2v) is 11.0. The molecule has 0 aliphatic rings. The van der Waals surface area contributed by atoms with Gasteiger partial charge in [-0.3, -0.25) is 9.59 Å². The molecule has 8 heteroatoms. The van der Waals surface area contributed by atoms with Crippen LogP contribution < -0.4 is 10.6 Å². The minimum Gasteiger partial charge on any atom is -0.508 e. The van der Waals surface area contributed by atoms with Crippen molar-refractivity contribution in [3.63, 3.8) is 0 Å². The number of hydrogen-bond acceptors (Lipinski definition) is 5. The number of hydrogen-bond donors (Lipinski definition) is 3. The van der Waals surface area contributed by atoms with Crippen LogP contribution in [0.25, 0.3) is 0 Å². The van der Waals surface area contributed by atoms with Crippen molar-refractivity contribution < 1.29 is 24.2 Å². The summed E-state index contributed by atoms with van der Waals surface area (Å²) in [6.45, 7) is 15.9. The topological polar surface area (TPSA) is 108 Å². The van der Waals surface area contributed by atoms with E-state index >= 15 is 0 Å². The van der Waals surface area contributed by atoms with Gasteiger partial charge >= 0.3 is 6.09 Å². The minimum atomic E-state index is -1.18. The van der Waals surface area contributed by atoms with E-state index in [0.717, 1.165) is 11.1 Å². The second kappa shape index (κ2) is 11.0. The van der Waals surface area contributed by atoms with Crippen LogP contribution in [0.15, 0.2) is 42.5 Å². The molecule has 2 aromatic rings. The Labute approximate surface area is 214 Å². The summed E-state index contributed by atoms with van der Waals surface area (Å²) < 4.78 is 5.30. The zero-order chi connectivity index (χ0) is 27.4. The number of nitrogens with one attached hydrogen (secondary N) is 2. The fraction of sp³-hybridized carbons (Fsp3) is 0.464. The normalized spacial score (nSPS) is 13.4. The lowest BCUT2D eigenvalue weighted by molar-refractivity contribution is -0.146. The van der Waals surface area contributed by atoms with Crippen molar-refractivity contribution in [2.24, 2.45) is 0 Å². The predicted molar refractivity (Wildman–Crippen MR) is 141 cm³/mol. The first kappa shape index (κ1) is 28.7. The van der Waals surface area contributed by atoms with Gasteiger partial charge in [0.05, 0.1) is 0 Å². The third-order valence-corrected chi connectivity index (χ3v) is 5.53. The van der Waals surface area contributed by atoms with Gasteiger partial charge in [-0.05, 0) is 79.5 Å². The number of nitrogens with zero attached hydrogens (tertiary/aromatic N) is 1. The molecule has 0 saturated heterocycles. The van der Waals surface area contributed by atoms with Gasteiger partial charge in [0.15, 0.2) is 0 Å². The summed E-state index contributed by atoms with van der Waals surface area (Å²) >= 11 is 0. The molecule has 2 atom stereocenters.